The van der Waals surface area contributed by atoms with Crippen LogP contribution in [0.3, 0.4) is 0 Å². The number of hydrogen-bond donors (Lipinski definition) is 1. The molecule has 1 aromatic rings. The number of aliphatic hydroxyl groups is 1. The Morgan fingerprint density at radius 1 is 1.26 bits per heavy atom. The summed E-state index contributed by atoms with van der Waals surface area (Å²) in [7, 11) is 0. The first-order valence-corrected chi connectivity index (χ1v) is 7.30. The summed E-state index contributed by atoms with van der Waals surface area (Å²) in [5.41, 5.74) is -0.00837. The fraction of sp³-hybridized carbons (Fsp3) is 0.688. The van der Waals surface area contributed by atoms with E-state index in [1.165, 1.54) is 6.42 Å². The second-order valence-electron chi connectivity index (χ2n) is 6.21. The molecule has 106 valence electrons. The fourth-order valence-corrected chi connectivity index (χ4v) is 2.97. The van der Waals surface area contributed by atoms with Gasteiger partial charge >= 0.3 is 0 Å². The summed E-state index contributed by atoms with van der Waals surface area (Å²) >= 11 is 0. The van der Waals surface area contributed by atoms with Crippen molar-refractivity contribution in [3.8, 4) is 5.75 Å². The number of aromatic nitrogens is 1. The van der Waals surface area contributed by atoms with Gasteiger partial charge in [-0.15, -0.1) is 0 Å². The van der Waals surface area contributed by atoms with Crippen molar-refractivity contribution in [1.82, 2.24) is 4.98 Å². The highest BCUT2D eigenvalue weighted by Gasteiger charge is 2.46. The van der Waals surface area contributed by atoms with Crippen molar-refractivity contribution in [2.45, 2.75) is 58.5 Å². The van der Waals surface area contributed by atoms with Gasteiger partial charge in [-0.3, -0.25) is 4.98 Å². The molecule has 0 radical (unpaired) electrons. The van der Waals surface area contributed by atoms with Crippen LogP contribution in [-0.4, -0.2) is 16.7 Å². The Morgan fingerprint density at radius 2 is 2.00 bits per heavy atom. The van der Waals surface area contributed by atoms with E-state index in [-0.39, 0.29) is 5.41 Å². The molecule has 1 aliphatic carbocycles. The fourth-order valence-electron chi connectivity index (χ4n) is 2.97. The van der Waals surface area contributed by atoms with Gasteiger partial charge in [0.1, 0.15) is 5.75 Å². The Labute approximate surface area is 116 Å². The van der Waals surface area contributed by atoms with E-state index >= 15 is 0 Å². The van der Waals surface area contributed by atoms with Crippen molar-refractivity contribution in [1.29, 1.82) is 0 Å². The molecule has 1 aromatic heterocycles. The molecule has 0 spiro atoms. The van der Waals surface area contributed by atoms with Crippen LogP contribution in [0.1, 0.15) is 58.4 Å². The van der Waals surface area contributed by atoms with Crippen LogP contribution in [0.2, 0.25) is 0 Å². The van der Waals surface area contributed by atoms with Crippen LogP contribution in [-0.2, 0) is 5.60 Å². The molecule has 1 unspecified atom stereocenters. The molecular weight excluding hydrogens is 238 g/mol. The number of ether oxygens (including phenoxy) is 1. The van der Waals surface area contributed by atoms with Crippen LogP contribution < -0.4 is 4.74 Å². The predicted molar refractivity (Wildman–Crippen MR) is 76.2 cm³/mol. The van der Waals surface area contributed by atoms with E-state index in [0.29, 0.717) is 6.61 Å². The van der Waals surface area contributed by atoms with Crippen molar-refractivity contribution < 1.29 is 9.84 Å². The number of hydrogen-bond acceptors (Lipinski definition) is 3. The smallest absolute Gasteiger partial charge is 0.137 e. The van der Waals surface area contributed by atoms with Gasteiger partial charge in [0.05, 0.1) is 18.4 Å². The van der Waals surface area contributed by atoms with Crippen molar-refractivity contribution in [3.05, 3.63) is 24.0 Å². The zero-order chi connectivity index (χ0) is 13.9. The van der Waals surface area contributed by atoms with E-state index in [4.69, 9.17) is 4.74 Å². The third kappa shape index (κ3) is 2.76. The number of nitrogens with zero attached hydrogens (tertiary/aromatic N) is 1. The Morgan fingerprint density at radius 3 is 2.68 bits per heavy atom. The van der Waals surface area contributed by atoms with Crippen LogP contribution in [0.15, 0.2) is 18.5 Å². The van der Waals surface area contributed by atoms with E-state index in [1.54, 1.807) is 12.4 Å². The topological polar surface area (TPSA) is 42.4 Å². The maximum atomic E-state index is 11.1. The molecule has 1 N–H and O–H groups in total. The van der Waals surface area contributed by atoms with Gasteiger partial charge in [0.25, 0.3) is 0 Å². The Kier molecular flexibility index (Phi) is 4.14. The van der Waals surface area contributed by atoms with E-state index in [0.717, 1.165) is 37.0 Å². The first kappa shape index (κ1) is 14.3. The lowest BCUT2D eigenvalue weighted by molar-refractivity contribution is -0.104. The number of pyridine rings is 1. The van der Waals surface area contributed by atoms with Crippen LogP contribution in [0.5, 0.6) is 5.75 Å². The lowest BCUT2D eigenvalue weighted by Gasteiger charge is -2.46. The lowest BCUT2D eigenvalue weighted by atomic mass is 9.63. The zero-order valence-corrected chi connectivity index (χ0v) is 12.3. The molecule has 1 fully saturated rings. The maximum absolute atomic E-state index is 11.1. The molecule has 1 aliphatic rings. The predicted octanol–water partition coefficient (Wildman–Crippen LogP) is 3.66. The summed E-state index contributed by atoms with van der Waals surface area (Å²) < 4.78 is 5.63. The first-order valence-electron chi connectivity index (χ1n) is 7.30. The quantitative estimate of drug-likeness (QED) is 0.901. The molecule has 2 rings (SSSR count). The summed E-state index contributed by atoms with van der Waals surface area (Å²) in [5, 5.41) is 11.1. The molecule has 3 nitrogen and oxygen atoms in total. The van der Waals surface area contributed by atoms with E-state index in [1.807, 2.05) is 6.07 Å². The van der Waals surface area contributed by atoms with Gasteiger partial charge in [0.15, 0.2) is 0 Å². The molecule has 0 saturated heterocycles. The molecule has 1 atom stereocenters. The third-order valence-corrected chi connectivity index (χ3v) is 4.37. The normalized spacial score (nSPS) is 26.1. The SMILES string of the molecule is CCCOc1cncc(C2(O)CCCCC2(C)C)c1. The summed E-state index contributed by atoms with van der Waals surface area (Å²) in [5.74, 6) is 0.758. The molecule has 0 aromatic carbocycles. The van der Waals surface area contributed by atoms with Gasteiger partial charge in [0, 0.05) is 11.8 Å². The molecule has 1 saturated carbocycles. The lowest BCUT2D eigenvalue weighted by Crippen LogP contribution is -2.44. The first-order chi connectivity index (χ1) is 8.99. The zero-order valence-electron chi connectivity index (χ0n) is 12.3. The van der Waals surface area contributed by atoms with E-state index in [2.05, 4.69) is 25.8 Å². The van der Waals surface area contributed by atoms with Crippen LogP contribution >= 0.6 is 0 Å². The summed E-state index contributed by atoms with van der Waals surface area (Å²) in [6.07, 6.45) is 8.58. The molecular formula is C16H25NO2. The Balaban J connectivity index is 2.29. The van der Waals surface area contributed by atoms with Crippen molar-refractivity contribution in [2.75, 3.05) is 6.61 Å². The summed E-state index contributed by atoms with van der Waals surface area (Å²) in [6, 6.07) is 1.95. The molecule has 0 amide bonds. The second kappa shape index (κ2) is 5.49. The monoisotopic (exact) mass is 263 g/mol. The van der Waals surface area contributed by atoms with Crippen molar-refractivity contribution >= 4 is 0 Å². The third-order valence-electron chi connectivity index (χ3n) is 4.37. The maximum Gasteiger partial charge on any atom is 0.137 e. The Hall–Kier alpha value is -1.09. The van der Waals surface area contributed by atoms with Crippen LogP contribution in [0.4, 0.5) is 0 Å². The Bertz CT molecular complexity index is 431. The average molecular weight is 263 g/mol. The van der Waals surface area contributed by atoms with Gasteiger partial charge in [0.2, 0.25) is 0 Å². The largest absolute Gasteiger partial charge is 0.492 e. The minimum Gasteiger partial charge on any atom is -0.492 e. The van der Waals surface area contributed by atoms with Crippen LogP contribution in [0.25, 0.3) is 0 Å². The second-order valence-corrected chi connectivity index (χ2v) is 6.21. The van der Waals surface area contributed by atoms with Gasteiger partial charge in [-0.2, -0.15) is 0 Å². The highest BCUT2D eigenvalue weighted by atomic mass is 16.5. The standard InChI is InChI=1S/C16H25NO2/c1-4-9-19-14-10-13(11-17-12-14)16(18)8-6-5-7-15(16,2)3/h10-12,18H,4-9H2,1-3H3. The van der Waals surface area contributed by atoms with Crippen molar-refractivity contribution in [2.24, 2.45) is 5.41 Å². The van der Waals surface area contributed by atoms with Crippen molar-refractivity contribution in [3.63, 3.8) is 0 Å². The van der Waals surface area contributed by atoms with Gasteiger partial charge in [-0.1, -0.05) is 33.6 Å². The van der Waals surface area contributed by atoms with Gasteiger partial charge in [-0.05, 0) is 30.7 Å². The minimum absolute atomic E-state index is 0.115. The molecule has 3 heteroatoms. The molecule has 1 heterocycles. The number of rotatable bonds is 4. The van der Waals surface area contributed by atoms with Gasteiger partial charge < -0.3 is 9.84 Å². The van der Waals surface area contributed by atoms with Crippen LogP contribution in [0, 0.1) is 5.41 Å². The average Bonchev–Trinajstić information content (AvgIpc) is 2.40. The summed E-state index contributed by atoms with van der Waals surface area (Å²) in [6.45, 7) is 7.06. The molecule has 0 bridgehead atoms. The molecule has 0 aliphatic heterocycles. The van der Waals surface area contributed by atoms with E-state index < -0.39 is 5.60 Å². The van der Waals surface area contributed by atoms with E-state index in [9.17, 15) is 5.11 Å². The van der Waals surface area contributed by atoms with Gasteiger partial charge in [-0.25, -0.2) is 0 Å². The molecule has 19 heavy (non-hydrogen) atoms. The highest BCUT2D eigenvalue weighted by Crippen LogP contribution is 2.50. The minimum atomic E-state index is -0.788. The summed E-state index contributed by atoms with van der Waals surface area (Å²) in [4.78, 5) is 4.24. The highest BCUT2D eigenvalue weighted by molar-refractivity contribution is 5.30.